The second-order valence-corrected chi connectivity index (χ2v) is 5.80. The van der Waals surface area contributed by atoms with E-state index in [1.54, 1.807) is 0 Å². The van der Waals surface area contributed by atoms with Crippen molar-refractivity contribution < 1.29 is 4.79 Å². The number of nitrogens with zero attached hydrogens (tertiary/aromatic N) is 1. The molecule has 0 bridgehead atoms. The van der Waals surface area contributed by atoms with Gasteiger partial charge in [-0.2, -0.15) is 0 Å². The van der Waals surface area contributed by atoms with E-state index in [4.69, 9.17) is 17.3 Å². The molecule has 18 heavy (non-hydrogen) atoms. The lowest BCUT2D eigenvalue weighted by molar-refractivity contribution is -0.129. The van der Waals surface area contributed by atoms with Crippen LogP contribution in [-0.2, 0) is 11.3 Å². The number of primary amides is 1. The van der Waals surface area contributed by atoms with Crippen LogP contribution in [0.2, 0.25) is 5.02 Å². The van der Waals surface area contributed by atoms with E-state index in [1.807, 2.05) is 31.2 Å². The number of benzene rings is 1. The molecule has 1 fully saturated rings. The van der Waals surface area contributed by atoms with Crippen molar-refractivity contribution in [3.05, 3.63) is 34.9 Å². The maximum Gasteiger partial charge on any atom is 0.224 e. The lowest BCUT2D eigenvalue weighted by atomic mass is 9.81. The van der Waals surface area contributed by atoms with E-state index in [0.717, 1.165) is 37.5 Å². The molecule has 1 aromatic carbocycles. The van der Waals surface area contributed by atoms with Crippen LogP contribution in [0, 0.1) is 5.41 Å². The molecule has 2 N–H and O–H groups in total. The Bertz CT molecular complexity index is 432. The van der Waals surface area contributed by atoms with Gasteiger partial charge in [-0.25, -0.2) is 0 Å². The maximum absolute atomic E-state index is 11.5. The van der Waals surface area contributed by atoms with E-state index < -0.39 is 0 Å². The van der Waals surface area contributed by atoms with Crippen LogP contribution in [0.5, 0.6) is 0 Å². The Morgan fingerprint density at radius 2 is 2.11 bits per heavy atom. The molecule has 1 aliphatic heterocycles. The smallest absolute Gasteiger partial charge is 0.224 e. The number of carbonyl (C=O) groups excluding carboxylic acids is 1. The second-order valence-electron chi connectivity index (χ2n) is 5.37. The van der Waals surface area contributed by atoms with Gasteiger partial charge in [0.15, 0.2) is 0 Å². The summed E-state index contributed by atoms with van der Waals surface area (Å²) >= 11 is 5.87. The fourth-order valence-corrected chi connectivity index (χ4v) is 2.65. The first kappa shape index (κ1) is 13.4. The molecule has 1 amide bonds. The van der Waals surface area contributed by atoms with Gasteiger partial charge in [-0.3, -0.25) is 9.69 Å². The first-order valence-electron chi connectivity index (χ1n) is 6.26. The zero-order valence-electron chi connectivity index (χ0n) is 10.7. The average molecular weight is 267 g/mol. The summed E-state index contributed by atoms with van der Waals surface area (Å²) in [5.74, 6) is -0.191. The van der Waals surface area contributed by atoms with Gasteiger partial charge >= 0.3 is 0 Å². The van der Waals surface area contributed by atoms with Crippen LogP contribution in [0.1, 0.15) is 25.3 Å². The molecule has 1 saturated heterocycles. The second kappa shape index (κ2) is 5.29. The Labute approximate surface area is 113 Å². The zero-order chi connectivity index (χ0) is 13.2. The summed E-state index contributed by atoms with van der Waals surface area (Å²) in [5, 5.41) is 0.749. The van der Waals surface area contributed by atoms with Crippen molar-refractivity contribution >= 4 is 17.5 Å². The number of likely N-dealkylation sites (tertiary alicyclic amines) is 1. The molecular weight excluding hydrogens is 248 g/mol. The molecule has 0 aromatic heterocycles. The van der Waals surface area contributed by atoms with Gasteiger partial charge in [-0.1, -0.05) is 23.7 Å². The monoisotopic (exact) mass is 266 g/mol. The minimum atomic E-state index is -0.384. The van der Waals surface area contributed by atoms with Crippen LogP contribution in [0.15, 0.2) is 24.3 Å². The minimum absolute atomic E-state index is 0.191. The number of nitrogens with two attached hydrogens (primary N) is 1. The van der Waals surface area contributed by atoms with Crippen molar-refractivity contribution in [1.82, 2.24) is 4.90 Å². The third kappa shape index (κ3) is 3.03. The van der Waals surface area contributed by atoms with Crippen LogP contribution < -0.4 is 5.73 Å². The van der Waals surface area contributed by atoms with Gasteiger partial charge in [0.2, 0.25) is 5.91 Å². The summed E-state index contributed by atoms with van der Waals surface area (Å²) in [6.07, 6.45) is 1.91. The maximum atomic E-state index is 11.5. The fourth-order valence-electron chi connectivity index (χ4n) is 2.53. The summed E-state index contributed by atoms with van der Waals surface area (Å²) in [6.45, 7) is 4.57. The third-order valence-electron chi connectivity index (χ3n) is 3.69. The van der Waals surface area contributed by atoms with Crippen molar-refractivity contribution in [2.45, 2.75) is 26.3 Å². The summed E-state index contributed by atoms with van der Waals surface area (Å²) in [7, 11) is 0. The Morgan fingerprint density at radius 3 is 2.72 bits per heavy atom. The fraction of sp³-hybridized carbons (Fsp3) is 0.500. The largest absolute Gasteiger partial charge is 0.369 e. The van der Waals surface area contributed by atoms with Crippen molar-refractivity contribution in [2.24, 2.45) is 11.1 Å². The highest BCUT2D eigenvalue weighted by atomic mass is 35.5. The number of halogens is 1. The van der Waals surface area contributed by atoms with E-state index in [-0.39, 0.29) is 11.3 Å². The van der Waals surface area contributed by atoms with Crippen LogP contribution in [0.4, 0.5) is 0 Å². The quantitative estimate of drug-likeness (QED) is 0.913. The summed E-state index contributed by atoms with van der Waals surface area (Å²) in [4.78, 5) is 13.8. The van der Waals surface area contributed by atoms with Gasteiger partial charge in [0, 0.05) is 18.1 Å². The van der Waals surface area contributed by atoms with Gasteiger partial charge < -0.3 is 5.73 Å². The SMILES string of the molecule is CC1(C(N)=O)CCCN(Cc2ccc(Cl)cc2)C1. The van der Waals surface area contributed by atoms with E-state index >= 15 is 0 Å². The molecule has 0 spiro atoms. The van der Waals surface area contributed by atoms with E-state index in [9.17, 15) is 4.79 Å². The van der Waals surface area contributed by atoms with Crippen molar-refractivity contribution in [3.63, 3.8) is 0 Å². The molecule has 3 nitrogen and oxygen atoms in total. The van der Waals surface area contributed by atoms with Crippen LogP contribution in [0.3, 0.4) is 0 Å². The number of carbonyl (C=O) groups is 1. The number of piperidine rings is 1. The zero-order valence-corrected chi connectivity index (χ0v) is 11.4. The molecule has 1 aliphatic rings. The standard InChI is InChI=1S/C14H19ClN2O/c1-14(13(16)18)7-2-8-17(10-14)9-11-3-5-12(15)6-4-11/h3-6H,2,7-10H2,1H3,(H2,16,18). The first-order valence-corrected chi connectivity index (χ1v) is 6.64. The van der Waals surface area contributed by atoms with Crippen LogP contribution in [-0.4, -0.2) is 23.9 Å². The molecule has 0 saturated carbocycles. The Kier molecular flexibility index (Phi) is 3.93. The number of rotatable bonds is 3. The Hall–Kier alpha value is -1.06. The molecule has 1 atom stereocenters. The molecule has 4 heteroatoms. The Morgan fingerprint density at radius 1 is 1.44 bits per heavy atom. The molecule has 0 aliphatic carbocycles. The third-order valence-corrected chi connectivity index (χ3v) is 3.94. The van der Waals surface area contributed by atoms with Gasteiger partial charge in [0.1, 0.15) is 0 Å². The Balaban J connectivity index is 2.02. The summed E-state index contributed by atoms with van der Waals surface area (Å²) < 4.78 is 0. The van der Waals surface area contributed by atoms with Gasteiger partial charge in [-0.15, -0.1) is 0 Å². The average Bonchev–Trinajstić information content (AvgIpc) is 2.32. The van der Waals surface area contributed by atoms with Crippen LogP contribution >= 0.6 is 11.6 Å². The topological polar surface area (TPSA) is 46.3 Å². The molecule has 2 rings (SSSR count). The number of amides is 1. The molecule has 1 heterocycles. The first-order chi connectivity index (χ1) is 8.49. The summed E-state index contributed by atoms with van der Waals surface area (Å²) in [6, 6.07) is 7.85. The molecule has 1 aromatic rings. The van der Waals surface area contributed by atoms with Crippen LogP contribution in [0.25, 0.3) is 0 Å². The molecular formula is C14H19ClN2O. The predicted molar refractivity (Wildman–Crippen MR) is 73.3 cm³/mol. The molecule has 0 radical (unpaired) electrons. The van der Waals surface area contributed by atoms with Gasteiger partial charge in [-0.05, 0) is 44.0 Å². The van der Waals surface area contributed by atoms with E-state index in [2.05, 4.69) is 4.90 Å². The number of hydrogen-bond donors (Lipinski definition) is 1. The minimum Gasteiger partial charge on any atom is -0.369 e. The lowest BCUT2D eigenvalue weighted by Crippen LogP contribution is -2.48. The summed E-state index contributed by atoms with van der Waals surface area (Å²) in [5.41, 5.74) is 6.33. The van der Waals surface area contributed by atoms with Crippen molar-refractivity contribution in [1.29, 1.82) is 0 Å². The van der Waals surface area contributed by atoms with E-state index in [0.29, 0.717) is 0 Å². The lowest BCUT2D eigenvalue weighted by Gasteiger charge is -2.38. The molecule has 1 unspecified atom stereocenters. The van der Waals surface area contributed by atoms with E-state index in [1.165, 1.54) is 5.56 Å². The highest BCUT2D eigenvalue weighted by molar-refractivity contribution is 6.30. The van der Waals surface area contributed by atoms with Gasteiger partial charge in [0.25, 0.3) is 0 Å². The normalized spacial score (nSPS) is 25.0. The number of hydrogen-bond acceptors (Lipinski definition) is 2. The highest BCUT2D eigenvalue weighted by Crippen LogP contribution is 2.29. The van der Waals surface area contributed by atoms with Gasteiger partial charge in [0.05, 0.1) is 5.41 Å². The molecule has 98 valence electrons. The van der Waals surface area contributed by atoms with Crippen molar-refractivity contribution in [2.75, 3.05) is 13.1 Å². The highest BCUT2D eigenvalue weighted by Gasteiger charge is 2.35. The predicted octanol–water partition coefficient (Wildman–Crippen LogP) is 2.43. The van der Waals surface area contributed by atoms with Crippen molar-refractivity contribution in [3.8, 4) is 0 Å².